The number of amides is 2. The fourth-order valence-corrected chi connectivity index (χ4v) is 5.69. The quantitative estimate of drug-likeness (QED) is 0.759. The molecule has 28 heavy (non-hydrogen) atoms. The van der Waals surface area contributed by atoms with E-state index >= 15 is 0 Å². The van der Waals surface area contributed by atoms with E-state index in [0.717, 1.165) is 30.4 Å². The van der Waals surface area contributed by atoms with Crippen LogP contribution in [0.4, 0.5) is 5.69 Å². The lowest BCUT2D eigenvalue weighted by molar-refractivity contribution is -0.132. The Hall–Kier alpha value is -2.38. The van der Waals surface area contributed by atoms with Gasteiger partial charge < -0.3 is 5.32 Å². The molecule has 1 heterocycles. The highest BCUT2D eigenvalue weighted by atomic mass is 35.5. The summed E-state index contributed by atoms with van der Waals surface area (Å²) in [4.78, 5) is 25.9. The van der Waals surface area contributed by atoms with Crippen LogP contribution >= 0.6 is 11.6 Å². The molecule has 0 saturated carbocycles. The molecule has 1 aliphatic heterocycles. The lowest BCUT2D eigenvalue weighted by Gasteiger charge is -2.33. The summed E-state index contributed by atoms with van der Waals surface area (Å²) < 4.78 is 26.7. The van der Waals surface area contributed by atoms with Gasteiger partial charge in [0.2, 0.25) is 5.91 Å². The van der Waals surface area contributed by atoms with E-state index in [0.29, 0.717) is 21.4 Å². The van der Waals surface area contributed by atoms with Crippen LogP contribution in [0.5, 0.6) is 0 Å². The standard InChI is InChI=1S/C20H19ClN2O4S/c1-23-20(25)17(19(24)22-14-9-7-13(21)8-10-14)16-11-6-12-4-2-3-5-15(12)18(16)28(23,26)27/h6-11,17H,2-5H2,1H3,(H,22,24). The molecule has 1 aliphatic carbocycles. The van der Waals surface area contributed by atoms with Gasteiger partial charge in [-0.1, -0.05) is 23.7 Å². The molecule has 0 saturated heterocycles. The van der Waals surface area contributed by atoms with Gasteiger partial charge in [0.1, 0.15) is 5.92 Å². The zero-order valence-corrected chi connectivity index (χ0v) is 16.8. The summed E-state index contributed by atoms with van der Waals surface area (Å²) in [5.41, 5.74) is 2.47. The van der Waals surface area contributed by atoms with Crippen LogP contribution in [0.2, 0.25) is 5.02 Å². The Morgan fingerprint density at radius 1 is 1.11 bits per heavy atom. The highest BCUT2D eigenvalue weighted by molar-refractivity contribution is 7.89. The van der Waals surface area contributed by atoms with Crippen molar-refractivity contribution in [1.82, 2.24) is 4.31 Å². The number of fused-ring (bicyclic) bond motifs is 3. The normalized spacial score (nSPS) is 20.3. The minimum Gasteiger partial charge on any atom is -0.325 e. The number of carbonyl (C=O) groups is 2. The fourth-order valence-electron chi connectivity index (χ4n) is 3.92. The van der Waals surface area contributed by atoms with E-state index in [1.165, 1.54) is 7.05 Å². The first-order valence-corrected chi connectivity index (χ1v) is 10.9. The van der Waals surface area contributed by atoms with Crippen molar-refractivity contribution in [3.8, 4) is 0 Å². The molecule has 6 nitrogen and oxygen atoms in total. The first-order chi connectivity index (χ1) is 13.3. The molecule has 2 aromatic rings. The molecule has 0 fully saturated rings. The number of sulfonamides is 1. The van der Waals surface area contributed by atoms with Crippen molar-refractivity contribution in [3.05, 3.63) is 58.1 Å². The molecule has 0 spiro atoms. The maximum atomic E-state index is 13.0. The lowest BCUT2D eigenvalue weighted by Crippen LogP contribution is -2.46. The van der Waals surface area contributed by atoms with Crippen LogP contribution in [0, 0.1) is 0 Å². The van der Waals surface area contributed by atoms with Crippen LogP contribution < -0.4 is 5.32 Å². The first kappa shape index (κ1) is 19.0. The Labute approximate surface area is 168 Å². The van der Waals surface area contributed by atoms with E-state index in [-0.39, 0.29) is 10.5 Å². The summed E-state index contributed by atoms with van der Waals surface area (Å²) in [6.07, 6.45) is 3.32. The average molecular weight is 419 g/mol. The number of carbonyl (C=O) groups excluding carboxylic acids is 2. The molecule has 2 aromatic carbocycles. The number of hydrogen-bond donors (Lipinski definition) is 1. The van der Waals surface area contributed by atoms with Crippen LogP contribution in [0.1, 0.15) is 35.4 Å². The van der Waals surface area contributed by atoms with Gasteiger partial charge in [0.05, 0.1) is 4.90 Å². The zero-order valence-electron chi connectivity index (χ0n) is 15.2. The van der Waals surface area contributed by atoms with Crippen molar-refractivity contribution in [1.29, 1.82) is 0 Å². The van der Waals surface area contributed by atoms with Crippen LogP contribution in [-0.4, -0.2) is 31.6 Å². The largest absolute Gasteiger partial charge is 0.325 e. The molecule has 146 valence electrons. The third kappa shape index (κ3) is 2.99. The third-order valence-electron chi connectivity index (χ3n) is 5.37. The van der Waals surface area contributed by atoms with Gasteiger partial charge in [0.15, 0.2) is 0 Å². The summed E-state index contributed by atoms with van der Waals surface area (Å²) >= 11 is 5.86. The van der Waals surface area contributed by atoms with Crippen molar-refractivity contribution >= 4 is 39.1 Å². The van der Waals surface area contributed by atoms with Gasteiger partial charge in [-0.15, -0.1) is 0 Å². The van der Waals surface area contributed by atoms with E-state index in [9.17, 15) is 18.0 Å². The Bertz CT molecular complexity index is 1080. The molecule has 0 aromatic heterocycles. The highest BCUT2D eigenvalue weighted by Crippen LogP contribution is 2.40. The number of aryl methyl sites for hydroxylation is 1. The zero-order chi connectivity index (χ0) is 20.1. The van der Waals surface area contributed by atoms with Crippen molar-refractivity contribution < 1.29 is 18.0 Å². The number of rotatable bonds is 2. The predicted molar refractivity (Wildman–Crippen MR) is 106 cm³/mol. The maximum absolute atomic E-state index is 13.0. The second kappa shape index (κ2) is 6.90. The summed E-state index contributed by atoms with van der Waals surface area (Å²) in [6, 6.07) is 9.98. The number of hydrogen-bond acceptors (Lipinski definition) is 4. The molecule has 0 radical (unpaired) electrons. The highest BCUT2D eigenvalue weighted by Gasteiger charge is 2.46. The Morgan fingerprint density at radius 2 is 1.79 bits per heavy atom. The molecule has 4 rings (SSSR count). The van der Waals surface area contributed by atoms with Crippen molar-refractivity contribution in [3.63, 3.8) is 0 Å². The summed E-state index contributed by atoms with van der Waals surface area (Å²) in [6.45, 7) is 0. The molecule has 1 atom stereocenters. The smallest absolute Gasteiger partial charge is 0.266 e. The Kier molecular flexibility index (Phi) is 4.67. The molecule has 8 heteroatoms. The Balaban J connectivity index is 1.81. The maximum Gasteiger partial charge on any atom is 0.266 e. The fraction of sp³-hybridized carbons (Fsp3) is 0.300. The van der Waals surface area contributed by atoms with E-state index in [2.05, 4.69) is 5.32 Å². The van der Waals surface area contributed by atoms with Gasteiger partial charge in [-0.25, -0.2) is 12.7 Å². The summed E-state index contributed by atoms with van der Waals surface area (Å²) in [5, 5.41) is 3.22. The number of likely N-dealkylation sites (N-methyl/N-ethyl adjacent to an activating group) is 1. The van der Waals surface area contributed by atoms with E-state index in [4.69, 9.17) is 11.6 Å². The number of halogens is 1. The number of benzene rings is 2. The minimum absolute atomic E-state index is 0.128. The van der Waals surface area contributed by atoms with Crippen LogP contribution in [-0.2, 0) is 32.5 Å². The van der Waals surface area contributed by atoms with Crippen molar-refractivity contribution in [2.75, 3.05) is 12.4 Å². The molecule has 1 unspecified atom stereocenters. The number of nitrogens with one attached hydrogen (secondary N) is 1. The van der Waals surface area contributed by atoms with Gasteiger partial charge in [0.25, 0.3) is 15.9 Å². The van der Waals surface area contributed by atoms with Crippen LogP contribution in [0.15, 0.2) is 41.3 Å². The van der Waals surface area contributed by atoms with Gasteiger partial charge >= 0.3 is 0 Å². The topological polar surface area (TPSA) is 83.6 Å². The first-order valence-electron chi connectivity index (χ1n) is 9.04. The van der Waals surface area contributed by atoms with Crippen molar-refractivity contribution in [2.24, 2.45) is 0 Å². The second-order valence-corrected chi connectivity index (χ2v) is 9.41. The average Bonchev–Trinajstić information content (AvgIpc) is 2.68. The predicted octanol–water partition coefficient (Wildman–Crippen LogP) is 3.10. The molecule has 1 N–H and O–H groups in total. The van der Waals surface area contributed by atoms with Gasteiger partial charge in [-0.3, -0.25) is 9.59 Å². The Morgan fingerprint density at radius 3 is 2.50 bits per heavy atom. The van der Waals surface area contributed by atoms with E-state index < -0.39 is 27.8 Å². The van der Waals surface area contributed by atoms with Gasteiger partial charge in [-0.2, -0.15) is 0 Å². The monoisotopic (exact) mass is 418 g/mol. The second-order valence-electron chi connectivity index (χ2n) is 7.07. The molecule has 2 aliphatic rings. The van der Waals surface area contributed by atoms with E-state index in [1.54, 1.807) is 30.3 Å². The van der Waals surface area contributed by atoms with E-state index in [1.807, 2.05) is 6.07 Å². The number of nitrogens with zero attached hydrogens (tertiary/aromatic N) is 1. The number of anilines is 1. The molecular weight excluding hydrogens is 400 g/mol. The van der Waals surface area contributed by atoms with Gasteiger partial charge in [0, 0.05) is 17.8 Å². The molecular formula is C20H19ClN2O4S. The molecule has 2 amide bonds. The minimum atomic E-state index is -3.97. The summed E-state index contributed by atoms with van der Waals surface area (Å²) in [5.74, 6) is -2.53. The van der Waals surface area contributed by atoms with Crippen LogP contribution in [0.3, 0.4) is 0 Å². The molecule has 0 bridgehead atoms. The third-order valence-corrected chi connectivity index (χ3v) is 7.52. The van der Waals surface area contributed by atoms with Crippen LogP contribution in [0.25, 0.3) is 0 Å². The van der Waals surface area contributed by atoms with Gasteiger partial charge in [-0.05, 0) is 66.6 Å². The SMILES string of the molecule is CN1C(=O)C(C(=O)Nc2ccc(Cl)cc2)c2ccc3c(c2S1(=O)=O)CCCC3. The summed E-state index contributed by atoms with van der Waals surface area (Å²) in [7, 11) is -2.76. The lowest BCUT2D eigenvalue weighted by atomic mass is 9.86. The van der Waals surface area contributed by atoms with Crippen molar-refractivity contribution in [2.45, 2.75) is 36.5 Å².